The molecule has 0 heterocycles. The summed E-state index contributed by atoms with van der Waals surface area (Å²) < 4.78 is 0. The van der Waals surface area contributed by atoms with E-state index in [1.807, 2.05) is 0 Å². The lowest BCUT2D eigenvalue weighted by Gasteiger charge is -2.04. The summed E-state index contributed by atoms with van der Waals surface area (Å²) in [5.74, 6) is 0. The number of hydrogen-bond acceptors (Lipinski definition) is 0. The van der Waals surface area contributed by atoms with Gasteiger partial charge in [0.15, 0.2) is 0 Å². The molecule has 0 unspecified atom stereocenters. The van der Waals surface area contributed by atoms with Gasteiger partial charge < -0.3 is 0 Å². The van der Waals surface area contributed by atoms with Crippen LogP contribution in [0.4, 0.5) is 0 Å². The average molecular weight is 366 g/mol. The van der Waals surface area contributed by atoms with Crippen LogP contribution in [0.3, 0.4) is 0 Å². The second-order valence-electron chi connectivity index (χ2n) is 8.58. The number of hydrogen-bond donors (Lipinski definition) is 0. The van der Waals surface area contributed by atoms with E-state index in [2.05, 4.69) is 20.3 Å². The highest BCUT2D eigenvalue weighted by Crippen LogP contribution is 2.15. The fraction of sp³-hybridized carbons (Fsp3) is 0.962. The van der Waals surface area contributed by atoms with E-state index < -0.39 is 0 Å². The second-order valence-corrected chi connectivity index (χ2v) is 8.58. The first-order chi connectivity index (χ1) is 12.9. The summed E-state index contributed by atoms with van der Waals surface area (Å²) in [5.41, 5.74) is 0. The highest BCUT2D eigenvalue weighted by Gasteiger charge is 1.95. The first kappa shape index (κ1) is 26.0. The molecule has 0 aliphatic rings. The van der Waals surface area contributed by atoms with Gasteiger partial charge in [0, 0.05) is 0 Å². The average Bonchev–Trinajstić information content (AvgIpc) is 2.66. The predicted octanol–water partition coefficient (Wildman–Crippen LogP) is 10.2. The minimum atomic E-state index is 1.37. The molecule has 0 bridgehead atoms. The van der Waals surface area contributed by atoms with Gasteiger partial charge in [0.1, 0.15) is 0 Å². The fourth-order valence-electron chi connectivity index (χ4n) is 3.87. The minimum Gasteiger partial charge on any atom is -0.0654 e. The smallest absolute Gasteiger partial charge is 0.0386 e. The summed E-state index contributed by atoms with van der Waals surface area (Å²) in [6, 6.07) is 0. The van der Waals surface area contributed by atoms with Gasteiger partial charge in [-0.15, -0.1) is 0 Å². The molecule has 0 fully saturated rings. The molecule has 0 aliphatic carbocycles. The quantitative estimate of drug-likeness (QED) is 0.158. The van der Waals surface area contributed by atoms with Gasteiger partial charge in [0.05, 0.1) is 0 Å². The van der Waals surface area contributed by atoms with Gasteiger partial charge in [0.2, 0.25) is 0 Å². The van der Waals surface area contributed by atoms with Crippen LogP contribution in [0.15, 0.2) is 0 Å². The van der Waals surface area contributed by atoms with E-state index in [-0.39, 0.29) is 0 Å². The maximum absolute atomic E-state index is 2.57. The van der Waals surface area contributed by atoms with Crippen molar-refractivity contribution in [2.75, 3.05) is 0 Å². The van der Waals surface area contributed by atoms with Crippen molar-refractivity contribution in [1.82, 2.24) is 0 Å². The first-order valence-corrected chi connectivity index (χ1v) is 12.7. The highest BCUT2D eigenvalue weighted by atomic mass is 14.0. The summed E-state index contributed by atoms with van der Waals surface area (Å²) in [6.07, 6.45) is 35.9. The van der Waals surface area contributed by atoms with Crippen molar-refractivity contribution in [3.05, 3.63) is 6.42 Å². The molecule has 0 amide bonds. The Kier molecular flexibility index (Phi) is 25.0. The summed E-state index contributed by atoms with van der Waals surface area (Å²) in [4.78, 5) is 0. The molecular formula is C26H53. The van der Waals surface area contributed by atoms with Crippen molar-refractivity contribution in [2.24, 2.45) is 0 Å². The zero-order valence-electron chi connectivity index (χ0n) is 18.8. The summed E-state index contributed by atoms with van der Waals surface area (Å²) in [7, 11) is 0. The fourth-order valence-corrected chi connectivity index (χ4v) is 3.87. The van der Waals surface area contributed by atoms with Gasteiger partial charge in [-0.25, -0.2) is 0 Å². The maximum atomic E-state index is 2.57. The largest absolute Gasteiger partial charge is 0.0654 e. The molecular weight excluding hydrogens is 312 g/mol. The van der Waals surface area contributed by atoms with Gasteiger partial charge in [-0.2, -0.15) is 0 Å². The van der Waals surface area contributed by atoms with Gasteiger partial charge in [-0.1, -0.05) is 162 Å². The number of rotatable bonds is 23. The lowest BCUT2D eigenvalue weighted by Crippen LogP contribution is -1.85. The topological polar surface area (TPSA) is 0 Å². The Hall–Kier alpha value is 0. The van der Waals surface area contributed by atoms with Crippen LogP contribution in [0.1, 0.15) is 162 Å². The molecule has 0 aromatic rings. The Bertz CT molecular complexity index is 196. The Morgan fingerprint density at radius 2 is 0.538 bits per heavy atom. The highest BCUT2D eigenvalue weighted by molar-refractivity contribution is 4.64. The molecule has 157 valence electrons. The molecule has 0 heteroatoms. The van der Waals surface area contributed by atoms with Crippen LogP contribution >= 0.6 is 0 Å². The van der Waals surface area contributed by atoms with E-state index in [9.17, 15) is 0 Å². The number of unbranched alkanes of at least 4 members (excludes halogenated alkanes) is 23. The normalized spacial score (nSPS) is 11.3. The lowest BCUT2D eigenvalue weighted by molar-refractivity contribution is 0.542. The molecule has 0 saturated carbocycles. The molecule has 0 aromatic heterocycles. The molecule has 1 radical (unpaired) electrons. The van der Waals surface area contributed by atoms with Crippen LogP contribution in [-0.4, -0.2) is 0 Å². The summed E-state index contributed by atoms with van der Waals surface area (Å²) in [6.45, 7) is 4.60. The van der Waals surface area contributed by atoms with E-state index >= 15 is 0 Å². The standard InChI is InChI=1S/C26H53/c1-3-5-7-9-11-13-15-17-19-21-23-25-26-24-22-20-18-16-14-12-10-8-6-4-2/h25H,3-24,26H2,1-2H3. The third-order valence-corrected chi connectivity index (χ3v) is 5.77. The summed E-state index contributed by atoms with van der Waals surface area (Å²) >= 11 is 0. The van der Waals surface area contributed by atoms with Crippen LogP contribution in [0.2, 0.25) is 0 Å². The van der Waals surface area contributed by atoms with E-state index in [0.717, 1.165) is 0 Å². The van der Waals surface area contributed by atoms with Crippen LogP contribution in [0.25, 0.3) is 0 Å². The predicted molar refractivity (Wildman–Crippen MR) is 122 cm³/mol. The molecule has 0 nitrogen and oxygen atoms in total. The molecule has 26 heavy (non-hydrogen) atoms. The van der Waals surface area contributed by atoms with Gasteiger partial charge in [-0.3, -0.25) is 0 Å². The van der Waals surface area contributed by atoms with E-state index in [4.69, 9.17) is 0 Å². The van der Waals surface area contributed by atoms with Crippen LogP contribution in [0, 0.1) is 6.42 Å². The first-order valence-electron chi connectivity index (χ1n) is 12.7. The molecule has 0 rings (SSSR count). The van der Waals surface area contributed by atoms with Crippen LogP contribution in [-0.2, 0) is 0 Å². The Balaban J connectivity index is 2.95. The van der Waals surface area contributed by atoms with Crippen molar-refractivity contribution in [3.63, 3.8) is 0 Å². The van der Waals surface area contributed by atoms with Gasteiger partial charge >= 0.3 is 0 Å². The monoisotopic (exact) mass is 365 g/mol. The van der Waals surface area contributed by atoms with Crippen molar-refractivity contribution in [1.29, 1.82) is 0 Å². The SMILES string of the molecule is CCCCCCCCCCCC[CH]CCCCCCCCCCCCC. The lowest BCUT2D eigenvalue weighted by atomic mass is 10.0. The second kappa shape index (κ2) is 25.0. The summed E-state index contributed by atoms with van der Waals surface area (Å²) in [5, 5.41) is 0. The molecule has 0 saturated heterocycles. The zero-order valence-corrected chi connectivity index (χ0v) is 18.8. The minimum absolute atomic E-state index is 1.37. The van der Waals surface area contributed by atoms with Gasteiger partial charge in [-0.05, 0) is 6.42 Å². The van der Waals surface area contributed by atoms with Crippen molar-refractivity contribution >= 4 is 0 Å². The van der Waals surface area contributed by atoms with Crippen molar-refractivity contribution in [2.45, 2.75) is 162 Å². The molecule has 0 aliphatic heterocycles. The Morgan fingerprint density at radius 1 is 0.308 bits per heavy atom. The van der Waals surface area contributed by atoms with Crippen LogP contribution < -0.4 is 0 Å². The van der Waals surface area contributed by atoms with Gasteiger partial charge in [0.25, 0.3) is 0 Å². The maximum Gasteiger partial charge on any atom is -0.0386 e. The van der Waals surface area contributed by atoms with E-state index in [0.29, 0.717) is 0 Å². The van der Waals surface area contributed by atoms with E-state index in [1.165, 1.54) is 148 Å². The third kappa shape index (κ3) is 24.0. The Morgan fingerprint density at radius 3 is 0.808 bits per heavy atom. The van der Waals surface area contributed by atoms with E-state index in [1.54, 1.807) is 0 Å². The third-order valence-electron chi connectivity index (χ3n) is 5.77. The zero-order chi connectivity index (χ0) is 19.0. The Labute approximate surface area is 168 Å². The molecule has 0 N–H and O–H groups in total. The van der Waals surface area contributed by atoms with Crippen molar-refractivity contribution in [3.8, 4) is 0 Å². The molecule has 0 aromatic carbocycles. The molecule has 0 spiro atoms. The van der Waals surface area contributed by atoms with Crippen LogP contribution in [0.5, 0.6) is 0 Å². The molecule has 0 atom stereocenters. The van der Waals surface area contributed by atoms with Crippen molar-refractivity contribution < 1.29 is 0 Å².